The fraction of sp³-hybridized carbons (Fsp3) is 0.333. The van der Waals surface area contributed by atoms with Crippen LogP contribution in [-0.2, 0) is 0 Å². The molecule has 1 aliphatic heterocycles. The van der Waals surface area contributed by atoms with Gasteiger partial charge < -0.3 is 15.4 Å². The summed E-state index contributed by atoms with van der Waals surface area (Å²) >= 11 is 12.1. The van der Waals surface area contributed by atoms with Gasteiger partial charge in [-0.05, 0) is 36.6 Å². The van der Waals surface area contributed by atoms with Crippen LogP contribution >= 0.6 is 48.0 Å². The maximum Gasteiger partial charge on any atom is 0.255 e. The number of pyridine rings is 1. The average Bonchev–Trinajstić information content (AvgIpc) is 3.02. The molecular weight excluding hydrogens is 432 g/mol. The predicted octanol–water partition coefficient (Wildman–Crippen LogP) is 4.84. The summed E-state index contributed by atoms with van der Waals surface area (Å²) in [6.07, 6.45) is 2.42. The summed E-state index contributed by atoms with van der Waals surface area (Å²) in [7, 11) is 0. The Bertz CT molecular complexity index is 789. The highest BCUT2D eigenvalue weighted by molar-refractivity contribution is 6.42. The third kappa shape index (κ3) is 5.39. The zero-order valence-electron chi connectivity index (χ0n) is 14.7. The second-order valence-corrected chi connectivity index (χ2v) is 7.32. The van der Waals surface area contributed by atoms with E-state index in [1.807, 2.05) is 4.90 Å². The molecule has 0 spiro atoms. The number of carbonyl (C=O) groups is 1. The van der Waals surface area contributed by atoms with Crippen molar-refractivity contribution in [3.05, 3.63) is 52.1 Å². The molecule has 1 amide bonds. The van der Waals surface area contributed by atoms with Crippen LogP contribution in [0.3, 0.4) is 0 Å². The van der Waals surface area contributed by atoms with Crippen molar-refractivity contribution in [1.29, 1.82) is 0 Å². The summed E-state index contributed by atoms with van der Waals surface area (Å²) < 4.78 is 5.63. The Balaban J connectivity index is 0.00000182. The molecule has 2 heterocycles. The number of aromatic nitrogens is 1. The molecule has 0 bridgehead atoms. The number of rotatable bonds is 4. The Morgan fingerprint density at radius 2 is 2.04 bits per heavy atom. The molecule has 1 fully saturated rings. The van der Waals surface area contributed by atoms with Crippen molar-refractivity contribution < 1.29 is 9.53 Å². The highest BCUT2D eigenvalue weighted by Crippen LogP contribution is 2.34. The van der Waals surface area contributed by atoms with E-state index in [-0.39, 0.29) is 36.1 Å². The molecule has 148 valence electrons. The number of amides is 1. The molecule has 1 unspecified atom stereocenters. The van der Waals surface area contributed by atoms with Gasteiger partial charge in [-0.3, -0.25) is 4.79 Å². The molecule has 1 aromatic heterocycles. The third-order valence-corrected chi connectivity index (χ3v) is 5.25. The summed E-state index contributed by atoms with van der Waals surface area (Å²) in [5, 5.41) is 0.729. The van der Waals surface area contributed by atoms with Crippen molar-refractivity contribution in [3.63, 3.8) is 0 Å². The number of halogens is 4. The zero-order chi connectivity index (χ0) is 18.0. The number of hydrogen-bond donors (Lipinski definition) is 1. The van der Waals surface area contributed by atoms with E-state index in [9.17, 15) is 4.79 Å². The maximum atomic E-state index is 12.6. The number of benzene rings is 1. The van der Waals surface area contributed by atoms with Gasteiger partial charge in [0.25, 0.3) is 5.91 Å². The Kier molecular flexibility index (Phi) is 8.64. The smallest absolute Gasteiger partial charge is 0.255 e. The van der Waals surface area contributed by atoms with Crippen LogP contribution in [0.1, 0.15) is 23.7 Å². The molecule has 0 saturated carbocycles. The first-order chi connectivity index (χ1) is 11.9. The van der Waals surface area contributed by atoms with Gasteiger partial charge in [-0.25, -0.2) is 4.98 Å². The van der Waals surface area contributed by atoms with Gasteiger partial charge in [-0.15, -0.1) is 24.8 Å². The first kappa shape index (κ1) is 23.8. The molecule has 2 N–H and O–H groups in total. The van der Waals surface area contributed by atoms with Gasteiger partial charge in [-0.1, -0.05) is 36.2 Å². The van der Waals surface area contributed by atoms with Gasteiger partial charge >= 0.3 is 0 Å². The number of carbonyl (C=O) groups excluding carboxylic acids is 1. The third-order valence-electron chi connectivity index (χ3n) is 4.45. The molecule has 1 aromatic carbocycles. The number of ether oxygens (including phenoxy) is 1. The van der Waals surface area contributed by atoms with Crippen molar-refractivity contribution in [2.75, 3.05) is 19.6 Å². The van der Waals surface area contributed by atoms with Gasteiger partial charge in [0.15, 0.2) is 0 Å². The molecule has 5 nitrogen and oxygen atoms in total. The van der Waals surface area contributed by atoms with E-state index in [1.54, 1.807) is 30.3 Å². The molecule has 0 radical (unpaired) electrons. The van der Waals surface area contributed by atoms with E-state index < -0.39 is 0 Å². The first-order valence-electron chi connectivity index (χ1n) is 7.99. The van der Waals surface area contributed by atoms with Crippen LogP contribution in [0.4, 0.5) is 0 Å². The highest BCUT2D eigenvalue weighted by atomic mass is 35.5. The molecule has 9 heteroatoms. The minimum Gasteiger partial charge on any atom is -0.437 e. The van der Waals surface area contributed by atoms with Gasteiger partial charge in [0.2, 0.25) is 5.88 Å². The van der Waals surface area contributed by atoms with E-state index in [0.29, 0.717) is 46.9 Å². The summed E-state index contributed by atoms with van der Waals surface area (Å²) in [4.78, 5) is 18.6. The van der Waals surface area contributed by atoms with Gasteiger partial charge in [0.1, 0.15) is 10.8 Å². The quantitative estimate of drug-likeness (QED) is 0.720. The van der Waals surface area contributed by atoms with E-state index in [1.165, 1.54) is 6.20 Å². The average molecular weight is 453 g/mol. The lowest BCUT2D eigenvalue weighted by Crippen LogP contribution is -2.34. The van der Waals surface area contributed by atoms with Crippen molar-refractivity contribution >= 4 is 53.9 Å². The van der Waals surface area contributed by atoms with Crippen LogP contribution in [0.2, 0.25) is 10.0 Å². The van der Waals surface area contributed by atoms with Crippen LogP contribution in [0.5, 0.6) is 11.6 Å². The molecule has 1 saturated heterocycles. The van der Waals surface area contributed by atoms with Gasteiger partial charge in [0, 0.05) is 25.4 Å². The van der Waals surface area contributed by atoms with Gasteiger partial charge in [-0.2, -0.15) is 0 Å². The van der Waals surface area contributed by atoms with E-state index >= 15 is 0 Å². The van der Waals surface area contributed by atoms with Crippen LogP contribution in [-0.4, -0.2) is 35.4 Å². The van der Waals surface area contributed by atoms with Gasteiger partial charge in [0.05, 0.1) is 10.6 Å². The molecule has 1 atom stereocenters. The normalized spacial score (nSPS) is 18.4. The van der Waals surface area contributed by atoms with Crippen molar-refractivity contribution in [1.82, 2.24) is 9.88 Å². The number of likely N-dealkylation sites (tertiary alicyclic amines) is 1. The van der Waals surface area contributed by atoms with E-state index in [0.717, 1.165) is 6.42 Å². The Morgan fingerprint density at radius 3 is 2.63 bits per heavy atom. The van der Waals surface area contributed by atoms with Crippen LogP contribution in [0, 0.1) is 5.41 Å². The fourth-order valence-electron chi connectivity index (χ4n) is 2.79. The van der Waals surface area contributed by atoms with Crippen LogP contribution in [0.15, 0.2) is 36.5 Å². The largest absolute Gasteiger partial charge is 0.437 e. The Morgan fingerprint density at radius 1 is 1.30 bits per heavy atom. The molecule has 27 heavy (non-hydrogen) atoms. The Labute approximate surface area is 181 Å². The maximum absolute atomic E-state index is 12.6. The minimum atomic E-state index is -0.0444. The lowest BCUT2D eigenvalue weighted by molar-refractivity contribution is 0.0776. The SMILES string of the molecule is CC1(CN)CCN(C(=O)c2ccc(Oc3cccc(Cl)c3Cl)nc2)C1.Cl.Cl. The minimum absolute atomic E-state index is 0. The number of hydrogen-bond acceptors (Lipinski definition) is 4. The summed E-state index contributed by atoms with van der Waals surface area (Å²) in [6.45, 7) is 4.05. The predicted molar refractivity (Wildman–Crippen MR) is 113 cm³/mol. The lowest BCUT2D eigenvalue weighted by Gasteiger charge is -2.22. The van der Waals surface area contributed by atoms with Crippen molar-refractivity contribution in [2.45, 2.75) is 13.3 Å². The standard InChI is InChI=1S/C18H19Cl2N3O2.2ClH/c1-18(10-21)7-8-23(11-18)17(24)12-5-6-15(22-9-12)25-14-4-2-3-13(19)16(14)20;;/h2-6,9H,7-8,10-11,21H2,1H3;2*1H. The van der Waals surface area contributed by atoms with Crippen molar-refractivity contribution in [3.8, 4) is 11.6 Å². The molecule has 0 aliphatic carbocycles. The van der Waals surface area contributed by atoms with Crippen LogP contribution in [0.25, 0.3) is 0 Å². The fourth-order valence-corrected chi connectivity index (χ4v) is 3.12. The van der Waals surface area contributed by atoms with Crippen LogP contribution < -0.4 is 10.5 Å². The monoisotopic (exact) mass is 451 g/mol. The molecule has 3 rings (SSSR count). The topological polar surface area (TPSA) is 68.5 Å². The number of nitrogens with two attached hydrogens (primary N) is 1. The first-order valence-corrected chi connectivity index (χ1v) is 8.75. The summed E-state index contributed by atoms with van der Waals surface area (Å²) in [5.41, 5.74) is 6.31. The molecule has 2 aromatic rings. The Hall–Kier alpha value is -1.24. The lowest BCUT2D eigenvalue weighted by atomic mass is 9.90. The molecule has 1 aliphatic rings. The zero-order valence-corrected chi connectivity index (χ0v) is 17.8. The van der Waals surface area contributed by atoms with E-state index in [2.05, 4.69) is 11.9 Å². The summed E-state index contributed by atoms with van der Waals surface area (Å²) in [5.74, 6) is 0.713. The molecular formula is C18H21Cl4N3O2. The van der Waals surface area contributed by atoms with E-state index in [4.69, 9.17) is 33.7 Å². The summed E-state index contributed by atoms with van der Waals surface area (Å²) in [6, 6.07) is 8.46. The second kappa shape index (κ2) is 9.80. The van der Waals surface area contributed by atoms with Crippen molar-refractivity contribution in [2.24, 2.45) is 11.1 Å². The highest BCUT2D eigenvalue weighted by Gasteiger charge is 2.35. The number of nitrogens with zero attached hydrogens (tertiary/aromatic N) is 2. The second-order valence-electron chi connectivity index (χ2n) is 6.53.